The Balaban J connectivity index is 2.16. The Labute approximate surface area is 137 Å². The first kappa shape index (κ1) is 16.0. The van der Waals surface area contributed by atoms with Crippen LogP contribution in [0.4, 0.5) is 0 Å². The maximum absolute atomic E-state index is 9.33. The van der Waals surface area contributed by atoms with Crippen molar-refractivity contribution in [3.05, 3.63) is 52.1 Å². The highest BCUT2D eigenvalue weighted by Crippen LogP contribution is 2.30. The van der Waals surface area contributed by atoms with E-state index < -0.39 is 0 Å². The van der Waals surface area contributed by atoms with Gasteiger partial charge in [0.15, 0.2) is 0 Å². The lowest BCUT2D eigenvalue weighted by molar-refractivity contribution is 0.588. The average Bonchev–Trinajstić information content (AvgIpc) is 2.48. The molecule has 0 aliphatic heterocycles. The van der Waals surface area contributed by atoms with Crippen molar-refractivity contribution in [2.75, 3.05) is 0 Å². The summed E-state index contributed by atoms with van der Waals surface area (Å²) >= 11 is 4.87. The summed E-state index contributed by atoms with van der Waals surface area (Å²) in [5.41, 5.74) is 1.81. The second-order valence-electron chi connectivity index (χ2n) is 4.89. The van der Waals surface area contributed by atoms with Gasteiger partial charge in [-0.1, -0.05) is 31.7 Å². The van der Waals surface area contributed by atoms with Gasteiger partial charge in [-0.3, -0.25) is 0 Å². The molecule has 5 heteroatoms. The summed E-state index contributed by atoms with van der Waals surface area (Å²) in [5, 5.41) is 13.6. The van der Waals surface area contributed by atoms with Crippen LogP contribution in [0.3, 0.4) is 0 Å². The SMILES string of the molecule is CC(C)NCc1ccc(Sc2ccc(Br)cn2)c(C#N)c1. The van der Waals surface area contributed by atoms with Gasteiger partial charge in [0.25, 0.3) is 0 Å². The van der Waals surface area contributed by atoms with E-state index in [4.69, 9.17) is 0 Å². The first-order valence-electron chi connectivity index (χ1n) is 6.64. The molecule has 0 fully saturated rings. The highest BCUT2D eigenvalue weighted by molar-refractivity contribution is 9.10. The molecule has 0 spiro atoms. The molecule has 0 bridgehead atoms. The Morgan fingerprint density at radius 1 is 1.33 bits per heavy atom. The number of aromatic nitrogens is 1. The van der Waals surface area contributed by atoms with Crippen molar-refractivity contribution in [3.63, 3.8) is 0 Å². The lowest BCUT2D eigenvalue weighted by Gasteiger charge is -2.10. The van der Waals surface area contributed by atoms with Gasteiger partial charge < -0.3 is 5.32 Å². The van der Waals surface area contributed by atoms with Gasteiger partial charge in [0.05, 0.1) is 5.56 Å². The van der Waals surface area contributed by atoms with Gasteiger partial charge in [-0.25, -0.2) is 4.98 Å². The fourth-order valence-electron chi connectivity index (χ4n) is 1.72. The normalized spacial score (nSPS) is 10.6. The van der Waals surface area contributed by atoms with Gasteiger partial charge in [-0.2, -0.15) is 5.26 Å². The van der Waals surface area contributed by atoms with E-state index in [1.807, 2.05) is 24.3 Å². The zero-order chi connectivity index (χ0) is 15.2. The molecule has 0 amide bonds. The van der Waals surface area contributed by atoms with Crippen LogP contribution >= 0.6 is 27.7 Å². The molecule has 3 nitrogen and oxygen atoms in total. The zero-order valence-electron chi connectivity index (χ0n) is 11.9. The van der Waals surface area contributed by atoms with Crippen LogP contribution in [0, 0.1) is 11.3 Å². The summed E-state index contributed by atoms with van der Waals surface area (Å²) < 4.78 is 0.947. The van der Waals surface area contributed by atoms with Crippen LogP contribution in [0.25, 0.3) is 0 Å². The summed E-state index contributed by atoms with van der Waals surface area (Å²) in [7, 11) is 0. The molecule has 1 aromatic carbocycles. The zero-order valence-corrected chi connectivity index (χ0v) is 14.3. The highest BCUT2D eigenvalue weighted by atomic mass is 79.9. The third-order valence-corrected chi connectivity index (χ3v) is 4.29. The molecule has 0 aliphatic rings. The molecule has 0 radical (unpaired) electrons. The smallest absolute Gasteiger partial charge is 0.101 e. The lowest BCUT2D eigenvalue weighted by atomic mass is 10.1. The molecule has 1 aromatic heterocycles. The predicted octanol–water partition coefficient (Wildman–Crippen LogP) is 4.36. The average molecular weight is 362 g/mol. The van der Waals surface area contributed by atoms with Crippen molar-refractivity contribution < 1.29 is 0 Å². The Hall–Kier alpha value is -1.35. The molecule has 2 rings (SSSR count). The number of pyridine rings is 1. The van der Waals surface area contributed by atoms with Crippen LogP contribution < -0.4 is 5.32 Å². The molecule has 0 atom stereocenters. The Morgan fingerprint density at radius 2 is 2.14 bits per heavy atom. The first-order valence-corrected chi connectivity index (χ1v) is 8.25. The van der Waals surface area contributed by atoms with Crippen molar-refractivity contribution in [2.45, 2.75) is 36.4 Å². The summed E-state index contributed by atoms with van der Waals surface area (Å²) in [4.78, 5) is 5.26. The molecule has 0 saturated heterocycles. The van der Waals surface area contributed by atoms with Crippen LogP contribution in [0.15, 0.2) is 50.9 Å². The van der Waals surface area contributed by atoms with Crippen LogP contribution in [0.5, 0.6) is 0 Å². The third-order valence-electron chi connectivity index (χ3n) is 2.79. The maximum atomic E-state index is 9.33. The third kappa shape index (κ3) is 4.85. The van der Waals surface area contributed by atoms with Gasteiger partial charge in [0.2, 0.25) is 0 Å². The molecule has 0 unspecified atom stereocenters. The summed E-state index contributed by atoms with van der Waals surface area (Å²) in [6, 6.07) is 12.6. The minimum absolute atomic E-state index is 0.427. The largest absolute Gasteiger partial charge is 0.310 e. The number of benzene rings is 1. The number of halogens is 1. The van der Waals surface area contributed by atoms with E-state index in [9.17, 15) is 5.26 Å². The monoisotopic (exact) mass is 361 g/mol. The number of nitrogens with zero attached hydrogens (tertiary/aromatic N) is 2. The number of nitriles is 1. The molecule has 1 N–H and O–H groups in total. The van der Waals surface area contributed by atoms with Gasteiger partial charge in [0.1, 0.15) is 11.1 Å². The molecule has 2 aromatic rings. The first-order chi connectivity index (χ1) is 10.1. The second-order valence-corrected chi connectivity index (χ2v) is 6.87. The molecule has 1 heterocycles. The highest BCUT2D eigenvalue weighted by Gasteiger charge is 2.07. The second kappa shape index (κ2) is 7.60. The van der Waals surface area contributed by atoms with Crippen LogP contribution in [-0.4, -0.2) is 11.0 Å². The number of rotatable bonds is 5. The van der Waals surface area contributed by atoms with E-state index in [0.717, 1.165) is 26.5 Å². The van der Waals surface area contributed by atoms with Crippen molar-refractivity contribution in [3.8, 4) is 6.07 Å². The van der Waals surface area contributed by atoms with E-state index >= 15 is 0 Å². The molecule has 108 valence electrons. The van der Waals surface area contributed by atoms with E-state index in [-0.39, 0.29) is 0 Å². The molecular weight excluding hydrogens is 346 g/mol. The molecular formula is C16H16BrN3S. The molecule has 0 saturated carbocycles. The van der Waals surface area contributed by atoms with Crippen molar-refractivity contribution >= 4 is 27.7 Å². The van der Waals surface area contributed by atoms with Crippen molar-refractivity contribution in [2.24, 2.45) is 0 Å². The van der Waals surface area contributed by atoms with E-state index in [1.54, 1.807) is 6.20 Å². The number of hydrogen-bond acceptors (Lipinski definition) is 4. The van der Waals surface area contributed by atoms with Crippen LogP contribution in [0.1, 0.15) is 25.0 Å². The van der Waals surface area contributed by atoms with Gasteiger partial charge in [0, 0.05) is 28.2 Å². The fourth-order valence-corrected chi connectivity index (χ4v) is 2.77. The van der Waals surface area contributed by atoms with Gasteiger partial charge in [-0.05, 0) is 45.8 Å². The van der Waals surface area contributed by atoms with Gasteiger partial charge >= 0.3 is 0 Å². The van der Waals surface area contributed by atoms with Crippen LogP contribution in [0.2, 0.25) is 0 Å². The lowest BCUT2D eigenvalue weighted by Crippen LogP contribution is -2.21. The molecule has 21 heavy (non-hydrogen) atoms. The quantitative estimate of drug-likeness (QED) is 0.858. The van der Waals surface area contributed by atoms with Crippen molar-refractivity contribution in [1.82, 2.24) is 10.3 Å². The van der Waals surface area contributed by atoms with E-state index in [0.29, 0.717) is 11.6 Å². The maximum Gasteiger partial charge on any atom is 0.101 e. The Bertz CT molecular complexity index is 648. The number of nitrogens with one attached hydrogen (secondary N) is 1. The fraction of sp³-hybridized carbons (Fsp3) is 0.250. The molecule has 0 aliphatic carbocycles. The van der Waals surface area contributed by atoms with Crippen LogP contribution in [-0.2, 0) is 6.54 Å². The van der Waals surface area contributed by atoms with Gasteiger partial charge in [-0.15, -0.1) is 0 Å². The Morgan fingerprint density at radius 3 is 2.76 bits per heavy atom. The topological polar surface area (TPSA) is 48.7 Å². The minimum Gasteiger partial charge on any atom is -0.310 e. The minimum atomic E-state index is 0.427. The summed E-state index contributed by atoms with van der Waals surface area (Å²) in [6.45, 7) is 4.98. The van der Waals surface area contributed by atoms with E-state index in [2.05, 4.69) is 52.2 Å². The summed E-state index contributed by atoms with van der Waals surface area (Å²) in [5.74, 6) is 0. The Kier molecular flexibility index (Phi) is 5.80. The van der Waals surface area contributed by atoms with E-state index in [1.165, 1.54) is 11.8 Å². The summed E-state index contributed by atoms with van der Waals surface area (Å²) in [6.07, 6.45) is 1.76. The standard InChI is InChI=1S/C16H16BrN3S/c1-11(2)19-9-12-3-5-15(13(7-12)8-18)21-16-6-4-14(17)10-20-16/h3-7,10-11,19H,9H2,1-2H3. The predicted molar refractivity (Wildman–Crippen MR) is 89.2 cm³/mol. The van der Waals surface area contributed by atoms with Crippen molar-refractivity contribution in [1.29, 1.82) is 5.26 Å². The number of hydrogen-bond donors (Lipinski definition) is 1.